The minimum Gasteiger partial charge on any atom is -0.462 e. The van der Waals surface area contributed by atoms with Gasteiger partial charge in [-0.05, 0) is 27.2 Å². The Morgan fingerprint density at radius 2 is 1.64 bits per heavy atom. The van der Waals surface area contributed by atoms with Gasteiger partial charge in [-0.1, -0.05) is 39.0 Å². The van der Waals surface area contributed by atoms with Crippen LogP contribution in [0.15, 0.2) is 24.5 Å². The zero-order chi connectivity index (χ0) is 16.4. The fourth-order valence-electron chi connectivity index (χ4n) is 2.06. The summed E-state index contributed by atoms with van der Waals surface area (Å²) in [4.78, 5) is 17.6. The van der Waals surface area contributed by atoms with E-state index < -0.39 is 0 Å². The average molecular weight is 308 g/mol. The Balaban J connectivity index is 2.28. The van der Waals surface area contributed by atoms with Crippen molar-refractivity contribution in [1.82, 2.24) is 0 Å². The molecule has 0 aromatic carbocycles. The van der Waals surface area contributed by atoms with Gasteiger partial charge in [0.15, 0.2) is 5.60 Å². The average Bonchev–Trinajstić information content (AvgIpc) is 2.45. The van der Waals surface area contributed by atoms with Crippen LogP contribution in [0.4, 0.5) is 0 Å². The third-order valence-corrected chi connectivity index (χ3v) is 3.15. The Morgan fingerprint density at radius 3 is 2.23 bits per heavy atom. The van der Waals surface area contributed by atoms with E-state index in [4.69, 9.17) is 9.57 Å². The summed E-state index contributed by atoms with van der Waals surface area (Å²) in [5, 5.41) is 0. The minimum absolute atomic E-state index is 0.267. The molecule has 0 N–H and O–H groups in total. The van der Waals surface area contributed by atoms with Crippen molar-refractivity contribution >= 4 is 5.97 Å². The van der Waals surface area contributed by atoms with Gasteiger partial charge < -0.3 is 4.74 Å². The third-order valence-electron chi connectivity index (χ3n) is 3.15. The summed E-state index contributed by atoms with van der Waals surface area (Å²) in [5.41, 5.74) is 0.282. The van der Waals surface area contributed by atoms with Gasteiger partial charge in [0, 0.05) is 16.9 Å². The molecule has 1 aromatic heterocycles. The predicted octanol–water partition coefficient (Wildman–Crippen LogP) is 3.72. The van der Waals surface area contributed by atoms with Crippen molar-refractivity contribution in [2.24, 2.45) is 0 Å². The van der Waals surface area contributed by atoms with Crippen LogP contribution in [0.3, 0.4) is 0 Å². The number of unbranched alkanes of at least 4 members (excludes halogenated alkanes) is 5. The van der Waals surface area contributed by atoms with Gasteiger partial charge in [0.1, 0.15) is 0 Å². The van der Waals surface area contributed by atoms with Crippen LogP contribution in [0.2, 0.25) is 0 Å². The molecular formula is C18H30NO3+. The number of hydrogen-bond acceptors (Lipinski definition) is 3. The number of esters is 1. The predicted molar refractivity (Wildman–Crippen MR) is 86.6 cm³/mol. The standard InChI is InChI=1S/C18H30NO3/c1-5-6-7-8-9-10-15-21-17(20)16-11-13-19(14-12-16)22-18(2,3)4/h11-14H,5-10,15H2,1-4H3/q+1. The molecule has 0 saturated carbocycles. The smallest absolute Gasteiger partial charge is 0.338 e. The summed E-state index contributed by atoms with van der Waals surface area (Å²) in [5.74, 6) is -0.267. The first-order valence-electron chi connectivity index (χ1n) is 8.30. The van der Waals surface area contributed by atoms with Crippen LogP contribution in [-0.2, 0) is 4.74 Å². The van der Waals surface area contributed by atoms with Gasteiger partial charge in [0.25, 0.3) is 0 Å². The molecule has 0 unspecified atom stereocenters. The highest BCUT2D eigenvalue weighted by atomic mass is 16.7. The van der Waals surface area contributed by atoms with Crippen molar-refractivity contribution in [3.05, 3.63) is 30.1 Å². The van der Waals surface area contributed by atoms with Crippen LogP contribution in [-0.4, -0.2) is 18.2 Å². The monoisotopic (exact) mass is 308 g/mol. The van der Waals surface area contributed by atoms with Gasteiger partial charge in [0.05, 0.1) is 12.2 Å². The lowest BCUT2D eigenvalue weighted by molar-refractivity contribution is -0.905. The number of hydrogen-bond donors (Lipinski definition) is 0. The van der Waals surface area contributed by atoms with Crippen LogP contribution in [0.25, 0.3) is 0 Å². The molecule has 0 bridgehead atoms. The maximum Gasteiger partial charge on any atom is 0.338 e. The summed E-state index contributed by atoms with van der Waals surface area (Å²) < 4.78 is 6.89. The molecule has 0 fully saturated rings. The molecule has 124 valence electrons. The molecule has 22 heavy (non-hydrogen) atoms. The van der Waals surface area contributed by atoms with Gasteiger partial charge >= 0.3 is 5.97 Å². The molecule has 0 aliphatic rings. The Kier molecular flexibility index (Phi) is 7.92. The largest absolute Gasteiger partial charge is 0.462 e. The van der Waals surface area contributed by atoms with Gasteiger partial charge in [-0.25, -0.2) is 4.79 Å². The van der Waals surface area contributed by atoms with Gasteiger partial charge in [-0.15, -0.1) is 0 Å². The summed E-state index contributed by atoms with van der Waals surface area (Å²) in [6.45, 7) is 8.63. The molecule has 0 aliphatic carbocycles. The first-order valence-corrected chi connectivity index (χ1v) is 8.30. The normalized spacial score (nSPS) is 11.3. The first-order chi connectivity index (χ1) is 10.4. The number of rotatable bonds is 9. The Labute approximate surface area is 134 Å². The Morgan fingerprint density at radius 1 is 1.05 bits per heavy atom. The van der Waals surface area contributed by atoms with E-state index in [1.807, 2.05) is 20.8 Å². The molecule has 0 spiro atoms. The van der Waals surface area contributed by atoms with E-state index in [0.29, 0.717) is 12.2 Å². The zero-order valence-electron chi connectivity index (χ0n) is 14.4. The molecular weight excluding hydrogens is 278 g/mol. The third kappa shape index (κ3) is 8.01. The van der Waals surface area contributed by atoms with Gasteiger partial charge in [-0.3, -0.25) is 4.84 Å². The number of pyridine rings is 1. The summed E-state index contributed by atoms with van der Waals surface area (Å²) >= 11 is 0. The Hall–Kier alpha value is -1.58. The molecule has 1 aromatic rings. The van der Waals surface area contributed by atoms with Crippen molar-refractivity contribution in [3.63, 3.8) is 0 Å². The fourth-order valence-corrected chi connectivity index (χ4v) is 2.06. The molecule has 0 amide bonds. The highest BCUT2D eigenvalue weighted by Crippen LogP contribution is 2.06. The molecule has 0 atom stereocenters. The number of nitrogens with zero attached hydrogens (tertiary/aromatic N) is 1. The molecule has 0 aliphatic heterocycles. The van der Waals surface area contributed by atoms with Crippen molar-refractivity contribution in [1.29, 1.82) is 0 Å². The van der Waals surface area contributed by atoms with Gasteiger partial charge in [-0.2, -0.15) is 0 Å². The van der Waals surface area contributed by atoms with Crippen molar-refractivity contribution in [2.75, 3.05) is 6.61 Å². The second kappa shape index (κ2) is 9.44. The van der Waals surface area contributed by atoms with E-state index in [1.54, 1.807) is 29.3 Å². The number of ether oxygens (including phenoxy) is 1. The van der Waals surface area contributed by atoms with E-state index in [9.17, 15) is 4.79 Å². The van der Waals surface area contributed by atoms with Crippen LogP contribution < -0.4 is 9.57 Å². The quantitative estimate of drug-likeness (QED) is 0.396. The van der Waals surface area contributed by atoms with E-state index in [-0.39, 0.29) is 11.6 Å². The highest BCUT2D eigenvalue weighted by Gasteiger charge is 2.18. The maximum atomic E-state index is 11.9. The molecule has 0 radical (unpaired) electrons. The number of aromatic nitrogens is 1. The van der Waals surface area contributed by atoms with E-state index in [2.05, 4.69) is 6.92 Å². The first kappa shape index (κ1) is 18.5. The van der Waals surface area contributed by atoms with Crippen LogP contribution in [0, 0.1) is 0 Å². The van der Waals surface area contributed by atoms with Crippen LogP contribution >= 0.6 is 0 Å². The maximum absolute atomic E-state index is 11.9. The summed E-state index contributed by atoms with van der Waals surface area (Å²) in [6, 6.07) is 3.44. The van der Waals surface area contributed by atoms with Crippen molar-refractivity contribution in [3.8, 4) is 0 Å². The lowest BCUT2D eigenvalue weighted by atomic mass is 10.1. The minimum atomic E-state index is -0.273. The van der Waals surface area contributed by atoms with Crippen molar-refractivity contribution < 1.29 is 19.1 Å². The molecule has 4 nitrogen and oxygen atoms in total. The van der Waals surface area contributed by atoms with Gasteiger partial charge in [0.2, 0.25) is 12.4 Å². The SMILES string of the molecule is CCCCCCCCOC(=O)c1cc[n+](OC(C)(C)C)cc1. The summed E-state index contributed by atoms with van der Waals surface area (Å²) in [7, 11) is 0. The molecule has 4 heteroatoms. The lowest BCUT2D eigenvalue weighted by Gasteiger charge is -2.13. The second-order valence-corrected chi connectivity index (χ2v) is 6.55. The number of carbonyl (C=O) groups is 1. The number of carbonyl (C=O) groups excluding carboxylic acids is 1. The van der Waals surface area contributed by atoms with E-state index >= 15 is 0 Å². The Bertz CT molecular complexity index is 435. The molecule has 0 saturated heterocycles. The lowest BCUT2D eigenvalue weighted by Crippen LogP contribution is -2.50. The molecule has 1 rings (SSSR count). The second-order valence-electron chi connectivity index (χ2n) is 6.55. The highest BCUT2D eigenvalue weighted by molar-refractivity contribution is 5.88. The van der Waals surface area contributed by atoms with Crippen LogP contribution in [0.1, 0.15) is 76.6 Å². The van der Waals surface area contributed by atoms with E-state index in [0.717, 1.165) is 12.8 Å². The van der Waals surface area contributed by atoms with Crippen molar-refractivity contribution in [2.45, 2.75) is 71.8 Å². The molecule has 1 heterocycles. The zero-order valence-corrected chi connectivity index (χ0v) is 14.4. The van der Waals surface area contributed by atoms with Crippen LogP contribution in [0.5, 0.6) is 0 Å². The van der Waals surface area contributed by atoms with E-state index in [1.165, 1.54) is 25.7 Å². The fraction of sp³-hybridized carbons (Fsp3) is 0.667. The topological polar surface area (TPSA) is 39.4 Å². The summed E-state index contributed by atoms with van der Waals surface area (Å²) in [6.07, 6.45) is 10.6.